The normalized spacial score (nSPS) is 23.2. The Hall–Kier alpha value is -0.560. The molecule has 1 aliphatic carbocycles. The van der Waals surface area contributed by atoms with E-state index in [2.05, 4.69) is 13.2 Å². The van der Waals surface area contributed by atoms with Gasteiger partial charge in [-0.25, -0.2) is 0 Å². The Balaban J connectivity index is 2.26. The van der Waals surface area contributed by atoms with Crippen molar-refractivity contribution in [3.05, 3.63) is 24.3 Å². The van der Waals surface area contributed by atoms with Gasteiger partial charge >= 0.3 is 0 Å². The summed E-state index contributed by atoms with van der Waals surface area (Å²) < 4.78 is 0. The molecule has 74 valence electrons. The van der Waals surface area contributed by atoms with Crippen molar-refractivity contribution in [2.24, 2.45) is 5.92 Å². The molecular formula is C12H20O. The van der Waals surface area contributed by atoms with Crippen LogP contribution in [-0.2, 0) is 0 Å². The van der Waals surface area contributed by atoms with Gasteiger partial charge in [-0.05, 0) is 38.0 Å². The first-order valence-electron chi connectivity index (χ1n) is 5.19. The molecule has 0 aromatic carbocycles. The summed E-state index contributed by atoms with van der Waals surface area (Å²) in [6.07, 6.45) is 7.25. The van der Waals surface area contributed by atoms with Gasteiger partial charge in [0, 0.05) is 0 Å². The van der Waals surface area contributed by atoms with Crippen molar-refractivity contribution < 1.29 is 5.11 Å². The molecule has 0 amide bonds. The van der Waals surface area contributed by atoms with Crippen molar-refractivity contribution in [2.75, 3.05) is 6.61 Å². The number of rotatable bonds is 4. The zero-order valence-corrected chi connectivity index (χ0v) is 8.39. The minimum absolute atomic E-state index is 0.138. The number of aliphatic hydroxyl groups excluding tert-OH is 1. The molecule has 1 heteroatoms. The summed E-state index contributed by atoms with van der Waals surface area (Å²) in [6.45, 7) is 8.05. The van der Waals surface area contributed by atoms with E-state index in [0.29, 0.717) is 5.92 Å². The largest absolute Gasteiger partial charge is 0.392 e. The molecule has 0 aromatic rings. The Morgan fingerprint density at radius 2 is 2.23 bits per heavy atom. The van der Waals surface area contributed by atoms with Crippen LogP contribution in [0.5, 0.6) is 0 Å². The van der Waals surface area contributed by atoms with Crippen LogP contribution >= 0.6 is 0 Å². The number of hydrogen-bond donors (Lipinski definition) is 1. The standard InChI is InChI=1S/C12H20O/c1-10(9-13)7-8-12-6-4-3-5-11(12)2/h12-13H,1-9H2. The Bertz CT molecular complexity index is 193. The maximum absolute atomic E-state index is 8.81. The maximum Gasteiger partial charge on any atom is 0.0639 e. The van der Waals surface area contributed by atoms with Gasteiger partial charge in [0.05, 0.1) is 6.61 Å². The fourth-order valence-corrected chi connectivity index (χ4v) is 1.96. The van der Waals surface area contributed by atoms with Crippen LogP contribution in [0.2, 0.25) is 0 Å². The zero-order chi connectivity index (χ0) is 9.68. The van der Waals surface area contributed by atoms with E-state index < -0.39 is 0 Å². The van der Waals surface area contributed by atoms with Gasteiger partial charge in [-0.1, -0.05) is 30.7 Å². The lowest BCUT2D eigenvalue weighted by Crippen LogP contribution is -2.09. The monoisotopic (exact) mass is 180 g/mol. The molecule has 0 spiro atoms. The first kappa shape index (κ1) is 10.5. The van der Waals surface area contributed by atoms with Gasteiger partial charge in [0.2, 0.25) is 0 Å². The second-order valence-corrected chi connectivity index (χ2v) is 4.05. The quantitative estimate of drug-likeness (QED) is 0.659. The molecule has 0 aromatic heterocycles. The van der Waals surface area contributed by atoms with Gasteiger partial charge in [-0.2, -0.15) is 0 Å². The number of allylic oxidation sites excluding steroid dienone is 1. The maximum atomic E-state index is 8.81. The summed E-state index contributed by atoms with van der Waals surface area (Å²) in [7, 11) is 0. The zero-order valence-electron chi connectivity index (χ0n) is 8.39. The lowest BCUT2D eigenvalue weighted by molar-refractivity contribution is 0.322. The first-order valence-corrected chi connectivity index (χ1v) is 5.19. The number of hydrogen-bond acceptors (Lipinski definition) is 1. The topological polar surface area (TPSA) is 20.2 Å². The highest BCUT2D eigenvalue weighted by atomic mass is 16.3. The van der Waals surface area contributed by atoms with Crippen LogP contribution in [0.4, 0.5) is 0 Å². The molecule has 1 nitrogen and oxygen atoms in total. The van der Waals surface area contributed by atoms with E-state index in [0.717, 1.165) is 18.4 Å². The van der Waals surface area contributed by atoms with Crippen molar-refractivity contribution >= 4 is 0 Å². The highest BCUT2D eigenvalue weighted by Gasteiger charge is 2.16. The molecule has 1 rings (SSSR count). The summed E-state index contributed by atoms with van der Waals surface area (Å²) >= 11 is 0. The minimum atomic E-state index is 0.138. The van der Waals surface area contributed by atoms with Crippen LogP contribution in [0.15, 0.2) is 24.3 Å². The Morgan fingerprint density at radius 3 is 2.85 bits per heavy atom. The van der Waals surface area contributed by atoms with E-state index in [4.69, 9.17) is 5.11 Å². The summed E-state index contributed by atoms with van der Waals surface area (Å²) in [5, 5.41) is 8.81. The average molecular weight is 180 g/mol. The Kier molecular flexibility index (Phi) is 4.23. The van der Waals surface area contributed by atoms with Crippen LogP contribution in [-0.4, -0.2) is 11.7 Å². The lowest BCUT2D eigenvalue weighted by Gasteiger charge is -2.24. The molecule has 1 fully saturated rings. The first-order chi connectivity index (χ1) is 6.24. The smallest absolute Gasteiger partial charge is 0.0639 e. The predicted molar refractivity (Wildman–Crippen MR) is 56.6 cm³/mol. The van der Waals surface area contributed by atoms with Crippen molar-refractivity contribution in [2.45, 2.75) is 38.5 Å². The van der Waals surface area contributed by atoms with Crippen molar-refractivity contribution in [3.63, 3.8) is 0 Å². The van der Waals surface area contributed by atoms with E-state index in [1.54, 1.807) is 0 Å². The van der Waals surface area contributed by atoms with Crippen LogP contribution in [0.25, 0.3) is 0 Å². The summed E-state index contributed by atoms with van der Waals surface area (Å²) in [5.41, 5.74) is 2.37. The molecule has 0 saturated heterocycles. The molecule has 0 bridgehead atoms. The van der Waals surface area contributed by atoms with Gasteiger partial charge in [0.25, 0.3) is 0 Å². The van der Waals surface area contributed by atoms with Crippen LogP contribution in [0.3, 0.4) is 0 Å². The molecule has 0 radical (unpaired) electrons. The van der Waals surface area contributed by atoms with Crippen molar-refractivity contribution in [3.8, 4) is 0 Å². The molecular weight excluding hydrogens is 160 g/mol. The molecule has 0 aliphatic heterocycles. The van der Waals surface area contributed by atoms with Crippen LogP contribution in [0, 0.1) is 5.92 Å². The molecule has 1 unspecified atom stereocenters. The van der Waals surface area contributed by atoms with Crippen LogP contribution in [0.1, 0.15) is 38.5 Å². The van der Waals surface area contributed by atoms with Gasteiger partial charge in [0.1, 0.15) is 0 Å². The SMILES string of the molecule is C=C(CO)CCC1CCCCC1=C. The Morgan fingerprint density at radius 1 is 1.46 bits per heavy atom. The average Bonchev–Trinajstić information content (AvgIpc) is 2.16. The van der Waals surface area contributed by atoms with Gasteiger partial charge in [-0.3, -0.25) is 0 Å². The molecule has 0 heterocycles. The third-order valence-corrected chi connectivity index (χ3v) is 2.95. The lowest BCUT2D eigenvalue weighted by atomic mass is 9.82. The predicted octanol–water partition coefficient (Wildman–Crippen LogP) is 3.06. The second kappa shape index (κ2) is 5.23. The number of aliphatic hydroxyl groups is 1. The van der Waals surface area contributed by atoms with E-state index in [1.165, 1.54) is 31.3 Å². The van der Waals surface area contributed by atoms with E-state index in [9.17, 15) is 0 Å². The molecule has 1 N–H and O–H groups in total. The summed E-state index contributed by atoms with van der Waals surface area (Å²) in [5.74, 6) is 0.692. The van der Waals surface area contributed by atoms with E-state index in [1.807, 2.05) is 0 Å². The minimum Gasteiger partial charge on any atom is -0.392 e. The molecule has 1 atom stereocenters. The third kappa shape index (κ3) is 3.35. The van der Waals surface area contributed by atoms with Crippen LogP contribution < -0.4 is 0 Å². The van der Waals surface area contributed by atoms with E-state index >= 15 is 0 Å². The Labute approximate surface area is 81.2 Å². The highest BCUT2D eigenvalue weighted by molar-refractivity contribution is 5.05. The summed E-state index contributed by atoms with van der Waals surface area (Å²) in [4.78, 5) is 0. The summed E-state index contributed by atoms with van der Waals surface area (Å²) in [6, 6.07) is 0. The van der Waals surface area contributed by atoms with Crippen molar-refractivity contribution in [1.82, 2.24) is 0 Å². The molecule has 13 heavy (non-hydrogen) atoms. The third-order valence-electron chi connectivity index (χ3n) is 2.95. The highest BCUT2D eigenvalue weighted by Crippen LogP contribution is 2.31. The van der Waals surface area contributed by atoms with E-state index in [-0.39, 0.29) is 6.61 Å². The van der Waals surface area contributed by atoms with Gasteiger partial charge < -0.3 is 5.11 Å². The molecule has 1 aliphatic rings. The van der Waals surface area contributed by atoms with Gasteiger partial charge in [0.15, 0.2) is 0 Å². The second-order valence-electron chi connectivity index (χ2n) is 4.05. The fraction of sp³-hybridized carbons (Fsp3) is 0.667. The fourth-order valence-electron chi connectivity index (χ4n) is 1.96. The molecule has 1 saturated carbocycles. The van der Waals surface area contributed by atoms with Crippen molar-refractivity contribution in [1.29, 1.82) is 0 Å². The van der Waals surface area contributed by atoms with Gasteiger partial charge in [-0.15, -0.1) is 0 Å².